The lowest BCUT2D eigenvalue weighted by molar-refractivity contribution is -0.143. The fourth-order valence-electron chi connectivity index (χ4n) is 5.95. The van der Waals surface area contributed by atoms with Gasteiger partial charge in [0.1, 0.15) is 0 Å². The van der Waals surface area contributed by atoms with E-state index < -0.39 is 0 Å². The summed E-state index contributed by atoms with van der Waals surface area (Å²) in [6, 6.07) is 0. The summed E-state index contributed by atoms with van der Waals surface area (Å²) >= 11 is 0. The standard InChI is InChI=1S/C17H28O2/c1-4-11-6-12(5-2)17-15-8-13(16(11)17)7-14(15)9-19-10(3)18/h11-17H,4-9H2,1-3H3. The average molecular weight is 264 g/mol. The molecule has 3 fully saturated rings. The maximum absolute atomic E-state index is 11.0. The zero-order valence-electron chi connectivity index (χ0n) is 12.6. The summed E-state index contributed by atoms with van der Waals surface area (Å²) in [6.07, 6.45) is 6.94. The van der Waals surface area contributed by atoms with Gasteiger partial charge in [-0.2, -0.15) is 0 Å². The monoisotopic (exact) mass is 264 g/mol. The van der Waals surface area contributed by atoms with Gasteiger partial charge in [-0.25, -0.2) is 0 Å². The Morgan fingerprint density at radius 2 is 1.68 bits per heavy atom. The van der Waals surface area contributed by atoms with Crippen LogP contribution in [0.5, 0.6) is 0 Å². The van der Waals surface area contributed by atoms with Crippen molar-refractivity contribution in [1.29, 1.82) is 0 Å². The number of hydrogen-bond acceptors (Lipinski definition) is 2. The molecule has 0 aromatic carbocycles. The summed E-state index contributed by atoms with van der Waals surface area (Å²) < 4.78 is 5.31. The van der Waals surface area contributed by atoms with E-state index >= 15 is 0 Å². The first-order valence-corrected chi connectivity index (χ1v) is 8.29. The molecule has 0 saturated heterocycles. The summed E-state index contributed by atoms with van der Waals surface area (Å²) in [5, 5.41) is 0. The van der Waals surface area contributed by atoms with E-state index in [2.05, 4.69) is 13.8 Å². The zero-order valence-corrected chi connectivity index (χ0v) is 12.6. The lowest BCUT2D eigenvalue weighted by Crippen LogP contribution is -2.32. The molecule has 0 aromatic heterocycles. The Hall–Kier alpha value is -0.530. The molecule has 7 atom stereocenters. The van der Waals surface area contributed by atoms with Gasteiger partial charge >= 0.3 is 5.97 Å². The number of carbonyl (C=O) groups is 1. The van der Waals surface area contributed by atoms with Crippen LogP contribution in [0.2, 0.25) is 0 Å². The van der Waals surface area contributed by atoms with Gasteiger partial charge in [-0.05, 0) is 60.7 Å². The molecule has 3 rings (SSSR count). The third kappa shape index (κ3) is 2.11. The maximum atomic E-state index is 11.0. The fraction of sp³-hybridized carbons (Fsp3) is 0.941. The summed E-state index contributed by atoms with van der Waals surface area (Å²) in [7, 11) is 0. The van der Waals surface area contributed by atoms with Crippen LogP contribution >= 0.6 is 0 Å². The van der Waals surface area contributed by atoms with Crippen LogP contribution in [0.25, 0.3) is 0 Å². The Morgan fingerprint density at radius 1 is 1.00 bits per heavy atom. The Balaban J connectivity index is 1.71. The minimum absolute atomic E-state index is 0.107. The summed E-state index contributed by atoms with van der Waals surface area (Å²) in [5.74, 6) is 6.25. The minimum atomic E-state index is -0.107. The molecule has 3 saturated carbocycles. The minimum Gasteiger partial charge on any atom is -0.466 e. The largest absolute Gasteiger partial charge is 0.466 e. The van der Waals surface area contributed by atoms with Gasteiger partial charge in [-0.3, -0.25) is 4.79 Å². The van der Waals surface area contributed by atoms with Crippen LogP contribution in [0.1, 0.15) is 52.9 Å². The molecule has 3 aliphatic rings. The van der Waals surface area contributed by atoms with Crippen LogP contribution in [0, 0.1) is 41.4 Å². The summed E-state index contributed by atoms with van der Waals surface area (Å²) in [4.78, 5) is 11.0. The van der Waals surface area contributed by atoms with Crippen molar-refractivity contribution >= 4 is 5.97 Å². The molecule has 0 aliphatic heterocycles. The molecule has 2 nitrogen and oxygen atoms in total. The SMILES string of the molecule is CCC1CC(CC)C2C3CC(CC3COC(C)=O)C12. The van der Waals surface area contributed by atoms with Gasteiger partial charge in [-0.15, -0.1) is 0 Å². The van der Waals surface area contributed by atoms with E-state index in [0.29, 0.717) is 12.5 Å². The number of rotatable bonds is 4. The number of esters is 1. The molecular formula is C17H28O2. The van der Waals surface area contributed by atoms with Gasteiger partial charge in [-0.1, -0.05) is 26.7 Å². The second-order valence-electron chi connectivity index (χ2n) is 7.19. The Kier molecular flexibility index (Phi) is 3.61. The van der Waals surface area contributed by atoms with Crippen molar-refractivity contribution in [3.63, 3.8) is 0 Å². The van der Waals surface area contributed by atoms with Crippen molar-refractivity contribution in [2.24, 2.45) is 41.4 Å². The summed E-state index contributed by atoms with van der Waals surface area (Å²) in [5.41, 5.74) is 0. The molecule has 2 bridgehead atoms. The van der Waals surface area contributed by atoms with Gasteiger partial charge < -0.3 is 4.74 Å². The van der Waals surface area contributed by atoms with Crippen molar-refractivity contribution < 1.29 is 9.53 Å². The van der Waals surface area contributed by atoms with Gasteiger partial charge in [0.05, 0.1) is 6.61 Å². The molecule has 108 valence electrons. The molecule has 0 N–H and O–H groups in total. The third-order valence-corrected chi connectivity index (χ3v) is 6.51. The van der Waals surface area contributed by atoms with E-state index in [4.69, 9.17) is 4.74 Å². The van der Waals surface area contributed by atoms with Crippen LogP contribution in [0.4, 0.5) is 0 Å². The highest BCUT2D eigenvalue weighted by atomic mass is 16.5. The smallest absolute Gasteiger partial charge is 0.302 e. The number of carbonyl (C=O) groups excluding carboxylic acids is 1. The van der Waals surface area contributed by atoms with Crippen LogP contribution in [-0.4, -0.2) is 12.6 Å². The molecule has 0 heterocycles. The van der Waals surface area contributed by atoms with Crippen LogP contribution in [-0.2, 0) is 9.53 Å². The first-order valence-electron chi connectivity index (χ1n) is 8.29. The van der Waals surface area contributed by atoms with E-state index in [1.807, 2.05) is 0 Å². The highest BCUT2D eigenvalue weighted by Crippen LogP contribution is 2.65. The second-order valence-corrected chi connectivity index (χ2v) is 7.19. The quantitative estimate of drug-likeness (QED) is 0.720. The fourth-order valence-corrected chi connectivity index (χ4v) is 5.95. The molecule has 0 spiro atoms. The molecule has 2 heteroatoms. The van der Waals surface area contributed by atoms with Crippen molar-refractivity contribution in [2.45, 2.75) is 52.9 Å². The van der Waals surface area contributed by atoms with E-state index in [9.17, 15) is 4.79 Å². The topological polar surface area (TPSA) is 26.3 Å². The first kappa shape index (κ1) is 13.5. The van der Waals surface area contributed by atoms with Crippen molar-refractivity contribution in [2.75, 3.05) is 6.61 Å². The highest BCUT2D eigenvalue weighted by molar-refractivity contribution is 5.65. The molecular weight excluding hydrogens is 236 g/mol. The van der Waals surface area contributed by atoms with Crippen molar-refractivity contribution in [3.8, 4) is 0 Å². The van der Waals surface area contributed by atoms with Gasteiger partial charge in [0.15, 0.2) is 0 Å². The van der Waals surface area contributed by atoms with E-state index in [1.165, 1.54) is 39.0 Å². The van der Waals surface area contributed by atoms with E-state index in [-0.39, 0.29) is 5.97 Å². The van der Waals surface area contributed by atoms with Gasteiger partial charge in [0.25, 0.3) is 0 Å². The Bertz CT molecular complexity index is 351. The normalized spacial score (nSPS) is 47.4. The lowest BCUT2D eigenvalue weighted by Gasteiger charge is -2.35. The molecule has 0 radical (unpaired) electrons. The molecule has 0 amide bonds. The van der Waals surface area contributed by atoms with Crippen LogP contribution in [0.15, 0.2) is 0 Å². The molecule has 3 aliphatic carbocycles. The molecule has 7 unspecified atom stereocenters. The van der Waals surface area contributed by atoms with E-state index in [1.54, 1.807) is 0 Å². The highest BCUT2D eigenvalue weighted by Gasteiger charge is 2.59. The van der Waals surface area contributed by atoms with Crippen molar-refractivity contribution in [3.05, 3.63) is 0 Å². The van der Waals surface area contributed by atoms with Gasteiger partial charge in [0, 0.05) is 6.92 Å². The molecule has 19 heavy (non-hydrogen) atoms. The zero-order chi connectivity index (χ0) is 13.6. The average Bonchev–Trinajstić information content (AvgIpc) is 3.05. The summed E-state index contributed by atoms with van der Waals surface area (Å²) in [6.45, 7) is 6.97. The second kappa shape index (κ2) is 5.10. The number of hydrogen-bond donors (Lipinski definition) is 0. The third-order valence-electron chi connectivity index (χ3n) is 6.51. The van der Waals surface area contributed by atoms with Gasteiger partial charge in [0.2, 0.25) is 0 Å². The number of ether oxygens (including phenoxy) is 1. The molecule has 0 aromatic rings. The predicted octanol–water partition coefficient (Wildman–Crippen LogP) is 3.89. The van der Waals surface area contributed by atoms with E-state index in [0.717, 1.165) is 35.5 Å². The van der Waals surface area contributed by atoms with Crippen molar-refractivity contribution in [1.82, 2.24) is 0 Å². The van der Waals surface area contributed by atoms with Crippen LogP contribution < -0.4 is 0 Å². The maximum Gasteiger partial charge on any atom is 0.302 e. The first-order chi connectivity index (χ1) is 9.15. The Labute approximate surface area is 117 Å². The lowest BCUT2D eigenvalue weighted by atomic mass is 9.71. The number of fused-ring (bicyclic) bond motifs is 5. The van der Waals surface area contributed by atoms with Crippen LogP contribution in [0.3, 0.4) is 0 Å². The Morgan fingerprint density at radius 3 is 2.32 bits per heavy atom. The predicted molar refractivity (Wildman–Crippen MR) is 75.5 cm³/mol.